The quantitative estimate of drug-likeness (QED) is 0.101. The minimum atomic E-state index is -0.750. The Morgan fingerprint density at radius 3 is 2.11 bits per heavy atom. The maximum atomic E-state index is 14.1. The minimum Gasteiger partial charge on any atom is -0.381 e. The van der Waals surface area contributed by atoms with Gasteiger partial charge in [-0.1, -0.05) is 26.7 Å². The van der Waals surface area contributed by atoms with Crippen LogP contribution in [0.5, 0.6) is 0 Å². The number of carbonyl (C=O) groups is 5. The van der Waals surface area contributed by atoms with Crippen molar-refractivity contribution in [1.29, 1.82) is 0 Å². The van der Waals surface area contributed by atoms with Gasteiger partial charge >= 0.3 is 6.03 Å². The van der Waals surface area contributed by atoms with Crippen molar-refractivity contribution in [2.75, 3.05) is 51.9 Å². The fraction of sp³-hybridized carbons (Fsp3) is 0.781. The summed E-state index contributed by atoms with van der Waals surface area (Å²) in [7, 11) is 3.37. The molecule has 44 heavy (non-hydrogen) atoms. The summed E-state index contributed by atoms with van der Waals surface area (Å²) >= 11 is 2.98. The third-order valence-electron chi connectivity index (χ3n) is 10.6. The molecule has 12 heteroatoms. The largest absolute Gasteiger partial charge is 0.381 e. The van der Waals surface area contributed by atoms with E-state index in [4.69, 9.17) is 4.74 Å². The van der Waals surface area contributed by atoms with Crippen LogP contribution in [-0.2, 0) is 23.9 Å². The zero-order chi connectivity index (χ0) is 31.6. The van der Waals surface area contributed by atoms with Gasteiger partial charge in [0.15, 0.2) is 0 Å². The highest BCUT2D eigenvalue weighted by atomic mass is 32.2. The molecular weight excluding hydrogens is 601 g/mol. The number of imide groups is 2. The van der Waals surface area contributed by atoms with Gasteiger partial charge in [-0.25, -0.2) is 4.79 Å². The van der Waals surface area contributed by atoms with Gasteiger partial charge in [-0.2, -0.15) is 0 Å². The van der Waals surface area contributed by atoms with Crippen LogP contribution in [0.2, 0.25) is 0 Å². The summed E-state index contributed by atoms with van der Waals surface area (Å²) in [5.74, 6) is 1.11. The van der Waals surface area contributed by atoms with Crippen LogP contribution in [0.25, 0.3) is 0 Å². The van der Waals surface area contributed by atoms with Gasteiger partial charge in [0.05, 0.1) is 17.5 Å². The molecule has 10 nitrogen and oxygen atoms in total. The molecule has 2 saturated heterocycles. The predicted octanol–water partition coefficient (Wildman–Crippen LogP) is 4.34. The van der Waals surface area contributed by atoms with Gasteiger partial charge in [-0.3, -0.25) is 29.0 Å². The van der Waals surface area contributed by atoms with Gasteiger partial charge in [0.1, 0.15) is 11.1 Å². The number of urea groups is 1. The maximum absolute atomic E-state index is 14.1. The lowest BCUT2D eigenvalue weighted by Crippen LogP contribution is -2.65. The molecule has 0 N–H and O–H groups in total. The first kappa shape index (κ1) is 33.3. The van der Waals surface area contributed by atoms with Crippen molar-refractivity contribution < 1.29 is 28.7 Å². The Morgan fingerprint density at radius 1 is 0.977 bits per heavy atom. The molecular formula is C32H48N4O6S2. The summed E-state index contributed by atoms with van der Waals surface area (Å²) in [4.78, 5) is 72.5. The molecule has 244 valence electrons. The topological polar surface area (TPSA) is 108 Å². The van der Waals surface area contributed by atoms with Crippen LogP contribution in [0.3, 0.4) is 0 Å². The smallest absolute Gasteiger partial charge is 0.327 e. The van der Waals surface area contributed by atoms with E-state index in [2.05, 4.69) is 0 Å². The van der Waals surface area contributed by atoms with E-state index in [1.54, 1.807) is 23.9 Å². The molecule has 0 aromatic rings. The molecule has 0 radical (unpaired) electrons. The molecule has 0 atom stereocenters. The van der Waals surface area contributed by atoms with Gasteiger partial charge < -0.3 is 14.5 Å². The Hall–Kier alpha value is -2.05. The van der Waals surface area contributed by atoms with E-state index in [-0.39, 0.29) is 40.8 Å². The molecule has 2 spiro atoms. The second-order valence-corrected chi connectivity index (χ2v) is 16.2. The van der Waals surface area contributed by atoms with Gasteiger partial charge in [0.2, 0.25) is 6.41 Å². The van der Waals surface area contributed by atoms with E-state index < -0.39 is 11.4 Å². The Labute approximate surface area is 270 Å². The second-order valence-electron chi connectivity index (χ2n) is 13.4. The fourth-order valence-corrected chi connectivity index (χ4v) is 10.3. The molecule has 5 rings (SSSR count). The van der Waals surface area contributed by atoms with Crippen LogP contribution >= 0.6 is 23.5 Å². The van der Waals surface area contributed by atoms with Crippen LogP contribution in [0, 0.1) is 17.3 Å². The highest BCUT2D eigenvalue weighted by molar-refractivity contribution is 8.22. The number of nitrogens with zero attached hydrogens (tertiary/aromatic N) is 4. The number of hydrogen-bond donors (Lipinski definition) is 0. The van der Waals surface area contributed by atoms with Crippen LogP contribution in [-0.4, -0.2) is 113 Å². The van der Waals surface area contributed by atoms with E-state index in [1.807, 2.05) is 13.8 Å². The summed E-state index contributed by atoms with van der Waals surface area (Å²) in [6.07, 6.45) is 9.40. The average molecular weight is 649 g/mol. The summed E-state index contributed by atoms with van der Waals surface area (Å²) < 4.78 is 6.01. The van der Waals surface area contributed by atoms with Crippen molar-refractivity contribution in [1.82, 2.24) is 19.6 Å². The van der Waals surface area contributed by atoms with Crippen molar-refractivity contribution in [3.05, 3.63) is 9.81 Å². The lowest BCUT2D eigenvalue weighted by atomic mass is 9.51. The van der Waals surface area contributed by atoms with Crippen LogP contribution < -0.4 is 0 Å². The number of ether oxygens (including phenoxy) is 1. The van der Waals surface area contributed by atoms with Crippen molar-refractivity contribution in [2.24, 2.45) is 17.3 Å². The van der Waals surface area contributed by atoms with Crippen LogP contribution in [0.1, 0.15) is 78.1 Å². The molecule has 0 aromatic heterocycles. The first-order valence-corrected chi connectivity index (χ1v) is 18.3. The number of amides is 6. The van der Waals surface area contributed by atoms with E-state index in [9.17, 15) is 24.0 Å². The zero-order valence-corrected chi connectivity index (χ0v) is 28.3. The van der Waals surface area contributed by atoms with Gasteiger partial charge in [0.25, 0.3) is 17.7 Å². The Bertz CT molecular complexity index is 1160. The molecule has 0 bridgehead atoms. The van der Waals surface area contributed by atoms with Gasteiger partial charge in [-0.05, 0) is 74.2 Å². The fourth-order valence-electron chi connectivity index (χ4n) is 8.11. The number of likely N-dealkylation sites (N-methyl/N-ethyl adjacent to an activating group) is 2. The summed E-state index contributed by atoms with van der Waals surface area (Å²) in [5, 5.41) is 0. The van der Waals surface area contributed by atoms with Crippen molar-refractivity contribution in [3.63, 3.8) is 0 Å². The summed E-state index contributed by atoms with van der Waals surface area (Å²) in [6.45, 7) is 6.18. The Balaban J connectivity index is 1.27. The third kappa shape index (κ3) is 6.19. The summed E-state index contributed by atoms with van der Waals surface area (Å²) in [6, 6.07) is -0.249. The van der Waals surface area contributed by atoms with Crippen molar-refractivity contribution in [2.45, 2.75) is 89.6 Å². The first-order chi connectivity index (χ1) is 21.1. The average Bonchev–Trinajstić information content (AvgIpc) is 3.55. The number of hydrogen-bond acceptors (Lipinski definition) is 8. The maximum Gasteiger partial charge on any atom is 0.327 e. The van der Waals surface area contributed by atoms with Crippen molar-refractivity contribution >= 4 is 53.7 Å². The summed E-state index contributed by atoms with van der Waals surface area (Å²) in [5.41, 5.74) is -0.659. The monoisotopic (exact) mass is 648 g/mol. The Morgan fingerprint density at radius 2 is 1.59 bits per heavy atom. The Kier molecular flexibility index (Phi) is 10.4. The molecule has 5 aliphatic rings. The number of thioether (sulfide) groups is 2. The molecule has 3 saturated carbocycles. The lowest BCUT2D eigenvalue weighted by Gasteiger charge is -2.59. The van der Waals surface area contributed by atoms with E-state index >= 15 is 0 Å². The highest BCUT2D eigenvalue weighted by Crippen LogP contribution is 2.61. The van der Waals surface area contributed by atoms with E-state index in [0.717, 1.165) is 51.4 Å². The molecule has 3 aliphatic carbocycles. The molecule has 5 fully saturated rings. The second kappa shape index (κ2) is 13.7. The SMILES string of the molecule is CCSC(SCC)=C(C(=O)N(C=O)CC1CCCC1)C(=O)N(C)C1CCC2(CC1)CC1(C2)C(=O)N(C)C(=O)N1CC1COC1. The first-order valence-electron chi connectivity index (χ1n) is 16.3. The standard InChI is InChI=1S/C32H48N4O6S2/c1-5-43-28(44-6-2)25(27(39)35(21-37)15-22-9-7-8-10-22)26(38)33(3)24-11-13-31(14-12-24)19-32(20-31)29(40)34(4)30(41)36(32)16-23-17-42-18-23/h21-24H,5-20H2,1-4H3. The van der Waals surface area contributed by atoms with Gasteiger partial charge in [0, 0.05) is 39.1 Å². The van der Waals surface area contributed by atoms with E-state index in [0.29, 0.717) is 67.2 Å². The van der Waals surface area contributed by atoms with Gasteiger partial charge in [-0.15, -0.1) is 23.5 Å². The zero-order valence-electron chi connectivity index (χ0n) is 26.7. The van der Waals surface area contributed by atoms with Crippen LogP contribution in [0.15, 0.2) is 9.81 Å². The number of carbonyl (C=O) groups excluding carboxylic acids is 5. The lowest BCUT2D eigenvalue weighted by molar-refractivity contribution is -0.153. The van der Waals surface area contributed by atoms with Crippen molar-refractivity contribution in [3.8, 4) is 0 Å². The molecule has 0 unspecified atom stereocenters. The normalized spacial score (nSPS) is 28.8. The minimum absolute atomic E-state index is 0.0265. The van der Waals surface area contributed by atoms with E-state index in [1.165, 1.54) is 33.3 Å². The molecule has 2 aliphatic heterocycles. The third-order valence-corrected chi connectivity index (χ3v) is 12.8. The molecule has 2 heterocycles. The molecule has 0 aromatic carbocycles. The number of rotatable bonds is 12. The molecule has 6 amide bonds. The predicted molar refractivity (Wildman–Crippen MR) is 172 cm³/mol. The highest BCUT2D eigenvalue weighted by Gasteiger charge is 2.68. The van der Waals surface area contributed by atoms with Crippen LogP contribution in [0.4, 0.5) is 4.79 Å².